The summed E-state index contributed by atoms with van der Waals surface area (Å²) >= 11 is 0. The number of nitriles is 1. The first-order valence-corrected chi connectivity index (χ1v) is 17.5. The van der Waals surface area contributed by atoms with Crippen LogP contribution in [0.5, 0.6) is 0 Å². The zero-order chi connectivity index (χ0) is 35.7. The number of aromatic nitrogens is 2. The third kappa shape index (κ3) is 4.89. The Balaban J connectivity index is 1.33. The van der Waals surface area contributed by atoms with E-state index in [2.05, 4.69) is 169 Å². The summed E-state index contributed by atoms with van der Waals surface area (Å²) in [4.78, 5) is 4.02. The van der Waals surface area contributed by atoms with Gasteiger partial charge in [0.1, 0.15) is 0 Å². The van der Waals surface area contributed by atoms with Gasteiger partial charge in [-0.15, -0.1) is 0 Å². The first-order chi connectivity index (χ1) is 25.3. The van der Waals surface area contributed by atoms with Crippen molar-refractivity contribution in [3.63, 3.8) is 0 Å². The molecule has 4 heteroatoms. The Bertz CT molecular complexity index is 2790. The van der Waals surface area contributed by atoms with Gasteiger partial charge >= 0.3 is 0 Å². The molecule has 0 N–H and O–H groups in total. The first-order valence-electron chi connectivity index (χ1n) is 17.5. The van der Waals surface area contributed by atoms with Crippen LogP contribution >= 0.6 is 0 Å². The largest absolute Gasteiger partial charge is 0.319 e. The number of benzene rings is 7. The molecule has 0 aliphatic rings. The lowest BCUT2D eigenvalue weighted by Gasteiger charge is -2.16. The van der Waals surface area contributed by atoms with Crippen LogP contribution in [0.1, 0.15) is 27.8 Å². The lowest BCUT2D eigenvalue weighted by molar-refractivity contribution is 1.13. The Hall–Kier alpha value is -6.88. The van der Waals surface area contributed by atoms with Crippen molar-refractivity contribution < 1.29 is 0 Å². The average molecular weight is 667 g/mol. The third-order valence-electron chi connectivity index (χ3n) is 10.4. The molecule has 0 aliphatic carbocycles. The van der Waals surface area contributed by atoms with Gasteiger partial charge in [0.15, 0.2) is 0 Å². The minimum atomic E-state index is 0.431. The number of aryl methyl sites for hydroxylation is 4. The van der Waals surface area contributed by atoms with Crippen LogP contribution in [-0.4, -0.2) is 9.13 Å². The number of nitrogens with zero attached hydrogens (tertiary/aromatic N) is 4. The van der Waals surface area contributed by atoms with E-state index in [4.69, 9.17) is 6.57 Å². The molecular weight excluding hydrogens is 633 g/mol. The van der Waals surface area contributed by atoms with Gasteiger partial charge in [0.25, 0.3) is 0 Å². The molecule has 2 aromatic heterocycles. The molecule has 0 aliphatic heterocycles. The van der Waals surface area contributed by atoms with Crippen LogP contribution in [0.25, 0.3) is 82.1 Å². The van der Waals surface area contributed by atoms with E-state index >= 15 is 0 Å². The standard InChI is InChI=1S/C48H34N4/c1-29-6-12-33(13-7-29)35-16-20-45-40(24-35)38-22-31(3)10-18-43(38)51(45)47-27-48(42(50-5)26-37(47)28-49)52-44-19-11-32(4)23-39(44)41-25-36(17-21-46(41)52)34-14-8-30(2)9-15-34/h6-27H,1-4H3. The van der Waals surface area contributed by atoms with Gasteiger partial charge in [-0.05, 0) is 111 Å². The summed E-state index contributed by atoms with van der Waals surface area (Å²) in [5.41, 5.74) is 15.8. The van der Waals surface area contributed by atoms with E-state index in [-0.39, 0.29) is 0 Å². The van der Waals surface area contributed by atoms with Gasteiger partial charge in [0.05, 0.1) is 51.6 Å². The lowest BCUT2D eigenvalue weighted by Crippen LogP contribution is -2.02. The molecule has 0 saturated heterocycles. The van der Waals surface area contributed by atoms with Crippen molar-refractivity contribution in [1.82, 2.24) is 9.13 Å². The SMILES string of the molecule is [C-]#[N+]c1cc(C#N)c(-n2c3ccc(C)cc3c3cc(-c4ccc(C)cc4)ccc32)cc1-n1c2ccc(C)cc2c2cc(-c3ccc(C)cc3)ccc21. The van der Waals surface area contributed by atoms with E-state index in [1.807, 2.05) is 6.07 Å². The monoisotopic (exact) mass is 666 g/mol. The molecule has 0 radical (unpaired) electrons. The van der Waals surface area contributed by atoms with Crippen molar-refractivity contribution in [2.24, 2.45) is 0 Å². The zero-order valence-corrected chi connectivity index (χ0v) is 29.5. The van der Waals surface area contributed by atoms with E-state index in [0.717, 1.165) is 77.2 Å². The predicted octanol–water partition coefficient (Wildman–Crippen LogP) is 12.9. The van der Waals surface area contributed by atoms with Crippen LogP contribution in [0.2, 0.25) is 0 Å². The summed E-state index contributed by atoms with van der Waals surface area (Å²) in [5.74, 6) is 0. The molecule has 0 spiro atoms. The Morgan fingerprint density at radius 3 is 1.27 bits per heavy atom. The van der Waals surface area contributed by atoms with Crippen molar-refractivity contribution in [2.45, 2.75) is 27.7 Å². The van der Waals surface area contributed by atoms with E-state index in [0.29, 0.717) is 11.3 Å². The molecule has 0 unspecified atom stereocenters. The highest BCUT2D eigenvalue weighted by molar-refractivity contribution is 6.12. The lowest BCUT2D eigenvalue weighted by atomic mass is 10.0. The number of hydrogen-bond donors (Lipinski definition) is 0. The van der Waals surface area contributed by atoms with Crippen LogP contribution in [0.15, 0.2) is 133 Å². The molecule has 7 aromatic carbocycles. The summed E-state index contributed by atoms with van der Waals surface area (Å²) in [6, 6.07) is 49.7. The molecule has 0 saturated carbocycles. The molecule has 0 amide bonds. The van der Waals surface area contributed by atoms with E-state index in [1.54, 1.807) is 6.07 Å². The maximum Gasteiger partial charge on any atom is 0.212 e. The highest BCUT2D eigenvalue weighted by Crippen LogP contribution is 2.42. The molecule has 0 atom stereocenters. The smallest absolute Gasteiger partial charge is 0.212 e. The second-order valence-corrected chi connectivity index (χ2v) is 14.0. The van der Waals surface area contributed by atoms with Gasteiger partial charge in [-0.3, -0.25) is 0 Å². The van der Waals surface area contributed by atoms with Crippen molar-refractivity contribution in [3.05, 3.63) is 173 Å². The van der Waals surface area contributed by atoms with Gasteiger partial charge in [-0.25, -0.2) is 4.85 Å². The van der Waals surface area contributed by atoms with Crippen LogP contribution in [0.3, 0.4) is 0 Å². The maximum atomic E-state index is 10.6. The molecule has 0 bridgehead atoms. The van der Waals surface area contributed by atoms with Crippen molar-refractivity contribution in [2.75, 3.05) is 0 Å². The van der Waals surface area contributed by atoms with Gasteiger partial charge in [0.2, 0.25) is 5.69 Å². The number of fused-ring (bicyclic) bond motifs is 6. The third-order valence-corrected chi connectivity index (χ3v) is 10.4. The van der Waals surface area contributed by atoms with Crippen molar-refractivity contribution in [3.8, 4) is 39.7 Å². The topological polar surface area (TPSA) is 38.0 Å². The molecule has 9 aromatic rings. The molecule has 4 nitrogen and oxygen atoms in total. The van der Waals surface area contributed by atoms with Crippen molar-refractivity contribution >= 4 is 49.3 Å². The second kappa shape index (κ2) is 11.9. The van der Waals surface area contributed by atoms with Crippen LogP contribution in [0.4, 0.5) is 5.69 Å². The van der Waals surface area contributed by atoms with Gasteiger partial charge in [-0.2, -0.15) is 5.26 Å². The van der Waals surface area contributed by atoms with Gasteiger partial charge < -0.3 is 9.13 Å². The average Bonchev–Trinajstić information content (AvgIpc) is 3.65. The molecule has 52 heavy (non-hydrogen) atoms. The summed E-state index contributed by atoms with van der Waals surface area (Å²) in [5, 5.41) is 15.1. The molecule has 2 heterocycles. The minimum absolute atomic E-state index is 0.431. The molecule has 0 fully saturated rings. The number of hydrogen-bond acceptors (Lipinski definition) is 1. The Morgan fingerprint density at radius 1 is 0.442 bits per heavy atom. The Kier molecular flexibility index (Phi) is 7.11. The fourth-order valence-corrected chi connectivity index (χ4v) is 7.75. The first kappa shape index (κ1) is 31.1. The van der Waals surface area contributed by atoms with Crippen LogP contribution in [-0.2, 0) is 0 Å². The zero-order valence-electron chi connectivity index (χ0n) is 29.5. The summed E-state index contributed by atoms with van der Waals surface area (Å²) in [7, 11) is 0. The molecule has 9 rings (SSSR count). The molecule has 246 valence electrons. The highest BCUT2D eigenvalue weighted by Gasteiger charge is 2.22. The number of rotatable bonds is 4. The van der Waals surface area contributed by atoms with Gasteiger partial charge in [-0.1, -0.05) is 95.1 Å². The quantitative estimate of drug-likeness (QED) is 0.172. The Labute approximate surface area is 302 Å². The van der Waals surface area contributed by atoms with Crippen LogP contribution < -0.4 is 0 Å². The second-order valence-electron chi connectivity index (χ2n) is 14.0. The molecular formula is C48H34N4. The van der Waals surface area contributed by atoms with Crippen LogP contribution in [0, 0.1) is 45.6 Å². The maximum absolute atomic E-state index is 10.6. The Morgan fingerprint density at radius 2 is 0.827 bits per heavy atom. The normalized spacial score (nSPS) is 11.4. The minimum Gasteiger partial charge on any atom is -0.319 e. The fourth-order valence-electron chi connectivity index (χ4n) is 7.75. The summed E-state index contributed by atoms with van der Waals surface area (Å²) in [6.45, 7) is 16.8. The fraction of sp³-hybridized carbons (Fsp3) is 0.0833. The summed E-state index contributed by atoms with van der Waals surface area (Å²) < 4.78 is 4.40. The van der Waals surface area contributed by atoms with E-state index < -0.39 is 0 Å². The predicted molar refractivity (Wildman–Crippen MR) is 216 cm³/mol. The van der Waals surface area contributed by atoms with Crippen molar-refractivity contribution in [1.29, 1.82) is 5.26 Å². The summed E-state index contributed by atoms with van der Waals surface area (Å²) in [6.07, 6.45) is 0. The van der Waals surface area contributed by atoms with E-state index in [1.165, 1.54) is 22.3 Å². The van der Waals surface area contributed by atoms with Gasteiger partial charge in [0, 0.05) is 21.5 Å². The van der Waals surface area contributed by atoms with E-state index in [9.17, 15) is 5.26 Å². The highest BCUT2D eigenvalue weighted by atomic mass is 15.0.